The van der Waals surface area contributed by atoms with Gasteiger partial charge in [0.05, 0.1) is 16.6 Å². The van der Waals surface area contributed by atoms with Crippen molar-refractivity contribution in [2.45, 2.75) is 24.0 Å². The number of hydrogen-bond acceptors (Lipinski definition) is 3. The molecule has 1 rings (SSSR count). The standard InChI is InChI=1S/C12H14ClF3N2O3S/c1-7(11(19)18(2)3)17-22(20,21)10-6-8(12(14,15)16)4-5-9(10)13/h4-7,17H,1-3H3/t7-/m0/s1. The highest BCUT2D eigenvalue weighted by molar-refractivity contribution is 7.89. The lowest BCUT2D eigenvalue weighted by Gasteiger charge is -2.19. The molecule has 0 unspecified atom stereocenters. The first-order valence-electron chi connectivity index (χ1n) is 5.96. The van der Waals surface area contributed by atoms with E-state index in [1.807, 2.05) is 4.72 Å². The minimum Gasteiger partial charge on any atom is -0.347 e. The highest BCUT2D eigenvalue weighted by atomic mass is 35.5. The van der Waals surface area contributed by atoms with Crippen LogP contribution in [0.3, 0.4) is 0 Å². The lowest BCUT2D eigenvalue weighted by Crippen LogP contribution is -2.44. The fourth-order valence-electron chi connectivity index (χ4n) is 1.62. The summed E-state index contributed by atoms with van der Waals surface area (Å²) in [5, 5.41) is -0.370. The summed E-state index contributed by atoms with van der Waals surface area (Å²) in [5.74, 6) is -0.549. The van der Waals surface area contributed by atoms with Crippen molar-refractivity contribution < 1.29 is 26.4 Å². The second-order valence-corrected chi connectivity index (χ2v) is 6.81. The van der Waals surface area contributed by atoms with E-state index in [0.717, 1.165) is 11.0 Å². The molecule has 1 atom stereocenters. The Morgan fingerprint density at radius 3 is 2.32 bits per heavy atom. The van der Waals surface area contributed by atoms with Crippen LogP contribution in [0.2, 0.25) is 5.02 Å². The van der Waals surface area contributed by atoms with Crippen LogP contribution in [0.15, 0.2) is 23.1 Å². The SMILES string of the molecule is C[C@H](NS(=O)(=O)c1cc(C(F)(F)F)ccc1Cl)C(=O)N(C)C. The Hall–Kier alpha value is -1.32. The van der Waals surface area contributed by atoms with Gasteiger partial charge in [0.15, 0.2) is 0 Å². The van der Waals surface area contributed by atoms with Crippen LogP contribution in [0.1, 0.15) is 12.5 Å². The number of halogens is 4. The normalized spacial score (nSPS) is 13.8. The summed E-state index contributed by atoms with van der Waals surface area (Å²) < 4.78 is 64.3. The molecule has 124 valence electrons. The van der Waals surface area contributed by atoms with Crippen LogP contribution in [0.5, 0.6) is 0 Å². The van der Waals surface area contributed by atoms with Crippen LogP contribution in [0, 0.1) is 0 Å². The zero-order valence-electron chi connectivity index (χ0n) is 11.9. The Bertz CT molecular complexity index is 675. The third-order valence-corrected chi connectivity index (χ3v) is 4.71. The molecule has 0 fully saturated rings. The highest BCUT2D eigenvalue weighted by Crippen LogP contribution is 2.33. The van der Waals surface area contributed by atoms with Crippen molar-refractivity contribution in [3.63, 3.8) is 0 Å². The number of amides is 1. The van der Waals surface area contributed by atoms with Crippen molar-refractivity contribution in [2.24, 2.45) is 0 Å². The molecule has 0 aromatic heterocycles. The van der Waals surface area contributed by atoms with Crippen molar-refractivity contribution >= 4 is 27.5 Å². The highest BCUT2D eigenvalue weighted by Gasteiger charge is 2.33. The van der Waals surface area contributed by atoms with Crippen LogP contribution < -0.4 is 4.72 Å². The fraction of sp³-hybridized carbons (Fsp3) is 0.417. The second-order valence-electron chi connectivity index (χ2n) is 4.72. The first-order valence-corrected chi connectivity index (χ1v) is 7.82. The maximum absolute atomic E-state index is 12.7. The van der Waals surface area contributed by atoms with Crippen LogP contribution >= 0.6 is 11.6 Å². The molecule has 0 heterocycles. The van der Waals surface area contributed by atoms with Crippen LogP contribution in [0.4, 0.5) is 13.2 Å². The molecule has 0 radical (unpaired) electrons. The predicted octanol–water partition coefficient (Wildman–Crippen LogP) is 2.11. The Labute approximate surface area is 131 Å². The van der Waals surface area contributed by atoms with Gasteiger partial charge in [-0.3, -0.25) is 4.79 Å². The van der Waals surface area contributed by atoms with Gasteiger partial charge >= 0.3 is 6.18 Å². The van der Waals surface area contributed by atoms with E-state index in [4.69, 9.17) is 11.6 Å². The molecular weight excluding hydrogens is 345 g/mol. The number of nitrogens with zero attached hydrogens (tertiary/aromatic N) is 1. The van der Waals surface area contributed by atoms with E-state index in [1.165, 1.54) is 21.0 Å². The molecule has 0 saturated carbocycles. The fourth-order valence-corrected chi connectivity index (χ4v) is 3.34. The average molecular weight is 359 g/mol. The summed E-state index contributed by atoms with van der Waals surface area (Å²) in [6, 6.07) is 0.801. The van der Waals surface area contributed by atoms with Crippen molar-refractivity contribution in [1.29, 1.82) is 0 Å². The Morgan fingerprint density at radius 1 is 1.32 bits per heavy atom. The molecule has 1 aromatic rings. The van der Waals surface area contributed by atoms with Gasteiger partial charge in [-0.15, -0.1) is 0 Å². The Balaban J connectivity index is 3.21. The van der Waals surface area contributed by atoms with E-state index in [0.29, 0.717) is 12.1 Å². The maximum atomic E-state index is 12.7. The number of hydrogen-bond donors (Lipinski definition) is 1. The molecule has 0 aliphatic heterocycles. The Kier molecular flexibility index (Phi) is 5.47. The van der Waals surface area contributed by atoms with E-state index in [1.54, 1.807) is 0 Å². The summed E-state index contributed by atoms with van der Waals surface area (Å²) in [5.41, 5.74) is -1.15. The van der Waals surface area contributed by atoms with Crippen LogP contribution in [-0.4, -0.2) is 39.4 Å². The number of alkyl halides is 3. The topological polar surface area (TPSA) is 66.5 Å². The molecule has 1 N–H and O–H groups in total. The van der Waals surface area contributed by atoms with Crippen molar-refractivity contribution in [3.8, 4) is 0 Å². The zero-order valence-corrected chi connectivity index (χ0v) is 13.5. The number of rotatable bonds is 4. The van der Waals surface area contributed by atoms with Gasteiger partial charge in [-0.25, -0.2) is 8.42 Å². The molecule has 1 aromatic carbocycles. The summed E-state index contributed by atoms with van der Waals surface area (Å²) in [6.07, 6.45) is -4.71. The molecule has 0 spiro atoms. The molecule has 0 saturated heterocycles. The monoisotopic (exact) mass is 358 g/mol. The van der Waals surface area contributed by atoms with Gasteiger partial charge in [0.2, 0.25) is 15.9 Å². The second kappa shape index (κ2) is 6.43. The number of carbonyl (C=O) groups is 1. The Morgan fingerprint density at radius 2 is 1.86 bits per heavy atom. The van der Waals surface area contributed by atoms with Crippen LogP contribution in [-0.2, 0) is 21.0 Å². The van der Waals surface area contributed by atoms with Gasteiger partial charge in [0, 0.05) is 14.1 Å². The minimum atomic E-state index is -4.71. The van der Waals surface area contributed by atoms with E-state index < -0.39 is 38.6 Å². The third kappa shape index (κ3) is 4.34. The largest absolute Gasteiger partial charge is 0.416 e. The van der Waals surface area contributed by atoms with Gasteiger partial charge in [-0.2, -0.15) is 17.9 Å². The smallest absolute Gasteiger partial charge is 0.347 e. The number of nitrogens with one attached hydrogen (secondary N) is 1. The molecule has 0 bridgehead atoms. The van der Waals surface area contributed by atoms with E-state index in [9.17, 15) is 26.4 Å². The van der Waals surface area contributed by atoms with Gasteiger partial charge in [-0.1, -0.05) is 11.6 Å². The van der Waals surface area contributed by atoms with Gasteiger partial charge < -0.3 is 4.90 Å². The van der Waals surface area contributed by atoms with Crippen molar-refractivity contribution in [1.82, 2.24) is 9.62 Å². The lowest BCUT2D eigenvalue weighted by molar-refractivity contribution is -0.137. The molecule has 10 heteroatoms. The predicted molar refractivity (Wildman–Crippen MR) is 74.9 cm³/mol. The molecule has 22 heavy (non-hydrogen) atoms. The lowest BCUT2D eigenvalue weighted by atomic mass is 10.2. The zero-order chi connectivity index (χ0) is 17.3. The molecular formula is C12H14ClF3N2O3S. The summed E-state index contributed by atoms with van der Waals surface area (Å²) in [7, 11) is -1.54. The van der Waals surface area contributed by atoms with Crippen molar-refractivity contribution in [2.75, 3.05) is 14.1 Å². The summed E-state index contributed by atoms with van der Waals surface area (Å²) in [4.78, 5) is 12.1. The number of carbonyl (C=O) groups excluding carboxylic acids is 1. The molecule has 5 nitrogen and oxygen atoms in total. The minimum absolute atomic E-state index is 0.370. The van der Waals surface area contributed by atoms with E-state index in [2.05, 4.69) is 0 Å². The first kappa shape index (κ1) is 18.7. The van der Waals surface area contributed by atoms with Crippen molar-refractivity contribution in [3.05, 3.63) is 28.8 Å². The van der Waals surface area contributed by atoms with E-state index in [-0.39, 0.29) is 5.02 Å². The van der Waals surface area contributed by atoms with E-state index >= 15 is 0 Å². The summed E-state index contributed by atoms with van der Waals surface area (Å²) in [6.45, 7) is 1.28. The number of benzene rings is 1. The quantitative estimate of drug-likeness (QED) is 0.896. The number of sulfonamides is 1. The molecule has 0 aliphatic carbocycles. The average Bonchev–Trinajstić information content (AvgIpc) is 2.35. The summed E-state index contributed by atoms with van der Waals surface area (Å²) >= 11 is 5.67. The van der Waals surface area contributed by atoms with Crippen LogP contribution in [0.25, 0.3) is 0 Å². The number of likely N-dealkylation sites (N-methyl/N-ethyl adjacent to an activating group) is 1. The van der Waals surface area contributed by atoms with Gasteiger partial charge in [0.1, 0.15) is 4.90 Å². The first-order chi connectivity index (χ1) is 9.86. The molecule has 1 amide bonds. The maximum Gasteiger partial charge on any atom is 0.416 e. The van der Waals surface area contributed by atoms with Gasteiger partial charge in [0.25, 0.3) is 0 Å². The van der Waals surface area contributed by atoms with Gasteiger partial charge in [-0.05, 0) is 25.1 Å². The third-order valence-electron chi connectivity index (χ3n) is 2.69. The molecule has 0 aliphatic rings.